The van der Waals surface area contributed by atoms with Gasteiger partial charge in [0, 0.05) is 0 Å². The van der Waals surface area contributed by atoms with Gasteiger partial charge in [0.2, 0.25) is 0 Å². The van der Waals surface area contributed by atoms with E-state index in [2.05, 4.69) is 5.32 Å². The normalized spacial score (nSPS) is 21.6. The van der Waals surface area contributed by atoms with Crippen LogP contribution in [0, 0.1) is 5.92 Å². The van der Waals surface area contributed by atoms with Crippen molar-refractivity contribution in [1.82, 2.24) is 5.32 Å². The highest BCUT2D eigenvalue weighted by atomic mass is 19.3. The molecule has 0 aromatic rings. The van der Waals surface area contributed by atoms with Gasteiger partial charge in [0.25, 0.3) is 6.43 Å². The molecule has 1 aliphatic rings. The Kier molecular flexibility index (Phi) is 2.60. The Morgan fingerprint density at radius 3 is 2.50 bits per heavy atom. The van der Waals surface area contributed by atoms with Crippen LogP contribution in [0.2, 0.25) is 0 Å². The number of hydrogen-bond acceptors (Lipinski definition) is 1. The van der Waals surface area contributed by atoms with Crippen molar-refractivity contribution in [2.45, 2.75) is 32.2 Å². The highest BCUT2D eigenvalue weighted by Gasteiger charge is 2.23. The van der Waals surface area contributed by atoms with Crippen LogP contribution >= 0.6 is 0 Å². The molecule has 1 atom stereocenters. The average molecular weight is 149 g/mol. The van der Waals surface area contributed by atoms with E-state index in [0.717, 1.165) is 6.54 Å². The van der Waals surface area contributed by atoms with Crippen LogP contribution in [-0.2, 0) is 0 Å². The van der Waals surface area contributed by atoms with Gasteiger partial charge in [-0.05, 0) is 32.2 Å². The second-order valence-corrected chi connectivity index (χ2v) is 2.97. The van der Waals surface area contributed by atoms with Crippen molar-refractivity contribution in [3.05, 3.63) is 0 Å². The van der Waals surface area contributed by atoms with Crippen LogP contribution in [0.25, 0.3) is 0 Å². The zero-order valence-electron chi connectivity index (χ0n) is 6.11. The maximum absolute atomic E-state index is 11.8. The molecule has 0 spiro atoms. The standard InChI is InChI=1S/C7H13F2N/c1-5(7(8)9)10-4-6-2-3-6/h5-7,10H,2-4H2,1H3. The van der Waals surface area contributed by atoms with Gasteiger partial charge in [-0.2, -0.15) is 0 Å². The van der Waals surface area contributed by atoms with E-state index in [1.807, 2.05) is 0 Å². The van der Waals surface area contributed by atoms with Gasteiger partial charge in [-0.15, -0.1) is 0 Å². The van der Waals surface area contributed by atoms with Gasteiger partial charge in [-0.25, -0.2) is 8.78 Å². The molecule has 1 saturated carbocycles. The predicted octanol–water partition coefficient (Wildman–Crippen LogP) is 1.64. The maximum atomic E-state index is 11.8. The van der Waals surface area contributed by atoms with Gasteiger partial charge in [0.15, 0.2) is 0 Å². The summed E-state index contributed by atoms with van der Waals surface area (Å²) in [6, 6.07) is -0.638. The van der Waals surface area contributed by atoms with Crippen molar-refractivity contribution in [2.24, 2.45) is 5.92 Å². The third kappa shape index (κ3) is 2.60. The monoisotopic (exact) mass is 149 g/mol. The molecule has 0 saturated heterocycles. The Morgan fingerprint density at radius 1 is 1.50 bits per heavy atom. The molecule has 0 aromatic carbocycles. The summed E-state index contributed by atoms with van der Waals surface area (Å²) in [5.41, 5.74) is 0. The number of halogens is 2. The van der Waals surface area contributed by atoms with E-state index >= 15 is 0 Å². The number of nitrogens with one attached hydrogen (secondary N) is 1. The van der Waals surface area contributed by atoms with E-state index in [4.69, 9.17) is 0 Å². The van der Waals surface area contributed by atoms with Crippen LogP contribution in [-0.4, -0.2) is 19.0 Å². The molecule has 0 radical (unpaired) electrons. The predicted molar refractivity (Wildman–Crippen MR) is 36.2 cm³/mol. The first-order valence-electron chi connectivity index (χ1n) is 3.71. The van der Waals surface area contributed by atoms with Crippen LogP contribution in [0.1, 0.15) is 19.8 Å². The summed E-state index contributed by atoms with van der Waals surface area (Å²) in [4.78, 5) is 0. The zero-order valence-corrected chi connectivity index (χ0v) is 6.11. The first-order chi connectivity index (χ1) is 4.70. The van der Waals surface area contributed by atoms with Crippen molar-refractivity contribution >= 4 is 0 Å². The molecule has 0 bridgehead atoms. The second kappa shape index (κ2) is 3.28. The van der Waals surface area contributed by atoms with Crippen molar-refractivity contribution in [1.29, 1.82) is 0 Å². The van der Waals surface area contributed by atoms with Gasteiger partial charge in [-0.1, -0.05) is 0 Å². The molecule has 1 N–H and O–H groups in total. The summed E-state index contributed by atoms with van der Waals surface area (Å²) in [5, 5.41) is 2.79. The zero-order chi connectivity index (χ0) is 7.56. The third-order valence-corrected chi connectivity index (χ3v) is 1.80. The number of alkyl halides is 2. The van der Waals surface area contributed by atoms with Gasteiger partial charge < -0.3 is 5.32 Å². The summed E-state index contributed by atoms with van der Waals surface area (Å²) in [6.45, 7) is 2.29. The molecule has 3 heteroatoms. The minimum atomic E-state index is -2.22. The first kappa shape index (κ1) is 7.92. The Morgan fingerprint density at radius 2 is 2.10 bits per heavy atom. The van der Waals surface area contributed by atoms with Gasteiger partial charge in [0.05, 0.1) is 6.04 Å². The highest BCUT2D eigenvalue weighted by molar-refractivity contribution is 4.77. The Balaban J connectivity index is 1.99. The Labute approximate surface area is 59.8 Å². The number of rotatable bonds is 4. The molecular weight excluding hydrogens is 136 g/mol. The van der Waals surface area contributed by atoms with Crippen LogP contribution < -0.4 is 5.32 Å². The topological polar surface area (TPSA) is 12.0 Å². The lowest BCUT2D eigenvalue weighted by Crippen LogP contribution is -2.33. The lowest BCUT2D eigenvalue weighted by molar-refractivity contribution is 0.106. The third-order valence-electron chi connectivity index (χ3n) is 1.80. The molecule has 1 aliphatic carbocycles. The van der Waals surface area contributed by atoms with Crippen molar-refractivity contribution in [3.8, 4) is 0 Å². The molecule has 10 heavy (non-hydrogen) atoms. The molecule has 0 aromatic heterocycles. The van der Waals surface area contributed by atoms with Crippen molar-refractivity contribution in [2.75, 3.05) is 6.54 Å². The fourth-order valence-corrected chi connectivity index (χ4v) is 0.764. The first-order valence-corrected chi connectivity index (χ1v) is 3.71. The molecular formula is C7H13F2N. The van der Waals surface area contributed by atoms with E-state index in [1.54, 1.807) is 0 Å². The molecule has 1 unspecified atom stereocenters. The SMILES string of the molecule is CC(NCC1CC1)C(F)F. The Bertz CT molecular complexity index is 102. The molecule has 1 rings (SSSR count). The van der Waals surface area contributed by atoms with E-state index < -0.39 is 12.5 Å². The minimum absolute atomic E-state index is 0.638. The molecule has 1 nitrogen and oxygen atoms in total. The van der Waals surface area contributed by atoms with E-state index in [1.165, 1.54) is 19.8 Å². The van der Waals surface area contributed by atoms with Crippen LogP contribution in [0.5, 0.6) is 0 Å². The summed E-state index contributed by atoms with van der Waals surface area (Å²) in [5.74, 6) is 0.682. The van der Waals surface area contributed by atoms with Gasteiger partial charge in [-0.3, -0.25) is 0 Å². The quantitative estimate of drug-likeness (QED) is 0.640. The summed E-state index contributed by atoms with van der Waals surface area (Å²) in [6.07, 6.45) is 0.199. The average Bonchev–Trinajstić information content (AvgIpc) is 2.64. The highest BCUT2D eigenvalue weighted by Crippen LogP contribution is 2.27. The second-order valence-electron chi connectivity index (χ2n) is 2.97. The minimum Gasteiger partial charge on any atom is -0.309 e. The summed E-state index contributed by atoms with van der Waals surface area (Å²) < 4.78 is 23.7. The Hall–Kier alpha value is -0.180. The molecule has 0 amide bonds. The smallest absolute Gasteiger partial charge is 0.253 e. The van der Waals surface area contributed by atoms with Crippen LogP contribution in [0.3, 0.4) is 0 Å². The molecule has 60 valence electrons. The van der Waals surface area contributed by atoms with Crippen LogP contribution in [0.15, 0.2) is 0 Å². The fraction of sp³-hybridized carbons (Fsp3) is 1.00. The van der Waals surface area contributed by atoms with Gasteiger partial charge >= 0.3 is 0 Å². The van der Waals surface area contributed by atoms with E-state index in [-0.39, 0.29) is 0 Å². The summed E-state index contributed by atoms with van der Waals surface area (Å²) >= 11 is 0. The van der Waals surface area contributed by atoms with Crippen molar-refractivity contribution < 1.29 is 8.78 Å². The fourth-order valence-electron chi connectivity index (χ4n) is 0.764. The molecule has 0 heterocycles. The molecule has 0 aliphatic heterocycles. The van der Waals surface area contributed by atoms with Gasteiger partial charge in [0.1, 0.15) is 0 Å². The van der Waals surface area contributed by atoms with E-state index in [9.17, 15) is 8.78 Å². The maximum Gasteiger partial charge on any atom is 0.253 e. The number of hydrogen-bond donors (Lipinski definition) is 1. The van der Waals surface area contributed by atoms with Crippen LogP contribution in [0.4, 0.5) is 8.78 Å². The van der Waals surface area contributed by atoms with E-state index in [0.29, 0.717) is 5.92 Å². The summed E-state index contributed by atoms with van der Waals surface area (Å²) in [7, 11) is 0. The largest absolute Gasteiger partial charge is 0.309 e. The lowest BCUT2D eigenvalue weighted by atomic mass is 10.3. The molecule has 1 fully saturated rings. The van der Waals surface area contributed by atoms with Crippen molar-refractivity contribution in [3.63, 3.8) is 0 Å². The lowest BCUT2D eigenvalue weighted by Gasteiger charge is -2.11.